The maximum Gasteiger partial charge on any atom is 0.263 e. The monoisotopic (exact) mass is 371 g/mol. The van der Waals surface area contributed by atoms with Crippen LogP contribution in [-0.2, 0) is 0 Å². The molecule has 2 aromatic carbocycles. The summed E-state index contributed by atoms with van der Waals surface area (Å²) in [5.41, 5.74) is 3.28. The van der Waals surface area contributed by atoms with Crippen LogP contribution in [0.1, 0.15) is 21.5 Å². The van der Waals surface area contributed by atoms with E-state index in [1.54, 1.807) is 17.0 Å². The molecule has 136 valence electrons. The number of hydrogen-bond acceptors (Lipinski definition) is 4. The molecule has 0 saturated carbocycles. The van der Waals surface area contributed by atoms with Crippen molar-refractivity contribution in [2.75, 3.05) is 32.1 Å². The van der Waals surface area contributed by atoms with E-state index in [0.717, 1.165) is 15.8 Å². The van der Waals surface area contributed by atoms with Crippen molar-refractivity contribution in [3.8, 4) is 0 Å². The minimum Gasteiger partial charge on any atom is -0.308 e. The van der Waals surface area contributed by atoms with Gasteiger partial charge in [0.1, 0.15) is 5.82 Å². The number of carbonyl (C=O) groups is 1. The Morgan fingerprint density at radius 3 is 2.50 bits per heavy atom. The minimum atomic E-state index is -0.514. The molecule has 4 nitrogen and oxygen atoms in total. The highest BCUT2D eigenvalue weighted by Crippen LogP contribution is 2.31. The van der Waals surface area contributed by atoms with Crippen molar-refractivity contribution in [1.82, 2.24) is 9.88 Å². The lowest BCUT2D eigenvalue weighted by molar-refractivity contribution is 0.0981. The standard InChI is InChI=1S/C20H22FN3OS/c1-13-11-17-18(12-14(13)2)26-20(22-17)24(10-9-23(3)4)19(25)15-7-5-6-8-16(15)21/h5-8,11-12H,9-10H2,1-4H3. The van der Waals surface area contributed by atoms with Crippen molar-refractivity contribution in [2.24, 2.45) is 0 Å². The summed E-state index contributed by atoms with van der Waals surface area (Å²) in [4.78, 5) is 21.2. The van der Waals surface area contributed by atoms with Crippen LogP contribution in [0.3, 0.4) is 0 Å². The zero-order valence-electron chi connectivity index (χ0n) is 15.4. The lowest BCUT2D eigenvalue weighted by atomic mass is 10.1. The number of halogens is 1. The van der Waals surface area contributed by atoms with E-state index in [9.17, 15) is 9.18 Å². The average molecular weight is 371 g/mol. The Hall–Kier alpha value is -2.31. The molecule has 0 radical (unpaired) electrons. The van der Waals surface area contributed by atoms with Crippen LogP contribution in [0.2, 0.25) is 0 Å². The Balaban J connectivity index is 2.03. The molecule has 1 heterocycles. The molecule has 0 fully saturated rings. The molecule has 0 aliphatic heterocycles. The number of likely N-dealkylation sites (N-methyl/N-ethyl adjacent to an activating group) is 1. The van der Waals surface area contributed by atoms with Gasteiger partial charge >= 0.3 is 0 Å². The van der Waals surface area contributed by atoms with Crippen LogP contribution in [0.25, 0.3) is 10.2 Å². The van der Waals surface area contributed by atoms with E-state index in [1.165, 1.54) is 29.0 Å². The van der Waals surface area contributed by atoms with Gasteiger partial charge in [-0.15, -0.1) is 0 Å². The predicted molar refractivity (Wildman–Crippen MR) is 106 cm³/mol. The van der Waals surface area contributed by atoms with E-state index in [-0.39, 0.29) is 11.5 Å². The predicted octanol–water partition coefficient (Wildman–Crippen LogP) is 4.26. The molecule has 0 bridgehead atoms. The zero-order chi connectivity index (χ0) is 18.8. The fourth-order valence-corrected chi connectivity index (χ4v) is 3.72. The number of anilines is 1. The lowest BCUT2D eigenvalue weighted by Crippen LogP contribution is -2.37. The summed E-state index contributed by atoms with van der Waals surface area (Å²) in [6.07, 6.45) is 0. The van der Waals surface area contributed by atoms with Crippen LogP contribution >= 0.6 is 11.3 Å². The number of benzene rings is 2. The normalized spacial score (nSPS) is 11.3. The molecule has 0 spiro atoms. The van der Waals surface area contributed by atoms with Crippen LogP contribution < -0.4 is 4.90 Å². The molecule has 0 unspecified atom stereocenters. The number of thiazole rings is 1. The molecule has 3 aromatic rings. The fraction of sp³-hybridized carbons (Fsp3) is 0.300. The quantitative estimate of drug-likeness (QED) is 0.672. The molecule has 0 atom stereocenters. The lowest BCUT2D eigenvalue weighted by Gasteiger charge is -2.22. The number of aryl methyl sites for hydroxylation is 2. The van der Waals surface area contributed by atoms with Gasteiger partial charge in [0.25, 0.3) is 5.91 Å². The van der Waals surface area contributed by atoms with Crippen LogP contribution in [-0.4, -0.2) is 43.0 Å². The highest BCUT2D eigenvalue weighted by atomic mass is 32.1. The third-order valence-electron chi connectivity index (χ3n) is 4.34. The smallest absolute Gasteiger partial charge is 0.263 e. The Bertz CT molecular complexity index is 912. The van der Waals surface area contributed by atoms with Gasteiger partial charge in [-0.3, -0.25) is 9.69 Å². The molecule has 0 aliphatic carbocycles. The van der Waals surface area contributed by atoms with Gasteiger partial charge in [-0.1, -0.05) is 23.5 Å². The van der Waals surface area contributed by atoms with Crippen LogP contribution in [0.4, 0.5) is 9.52 Å². The third-order valence-corrected chi connectivity index (χ3v) is 5.38. The highest BCUT2D eigenvalue weighted by Gasteiger charge is 2.23. The van der Waals surface area contributed by atoms with Gasteiger partial charge in [0.15, 0.2) is 5.13 Å². The zero-order valence-corrected chi connectivity index (χ0v) is 16.2. The Kier molecular flexibility index (Phi) is 5.34. The molecule has 26 heavy (non-hydrogen) atoms. The maximum absolute atomic E-state index is 14.2. The number of nitrogens with zero attached hydrogens (tertiary/aromatic N) is 3. The first-order chi connectivity index (χ1) is 12.4. The van der Waals surface area contributed by atoms with Crippen molar-refractivity contribution in [3.05, 3.63) is 58.9 Å². The average Bonchev–Trinajstić information content (AvgIpc) is 2.97. The van der Waals surface area contributed by atoms with Crippen LogP contribution in [0.5, 0.6) is 0 Å². The number of rotatable bonds is 5. The van der Waals surface area contributed by atoms with E-state index in [0.29, 0.717) is 18.2 Å². The van der Waals surface area contributed by atoms with Gasteiger partial charge in [-0.25, -0.2) is 9.37 Å². The summed E-state index contributed by atoms with van der Waals surface area (Å²) in [7, 11) is 3.88. The van der Waals surface area contributed by atoms with Gasteiger partial charge in [0.05, 0.1) is 15.8 Å². The summed E-state index contributed by atoms with van der Waals surface area (Å²) in [6, 6.07) is 10.2. The van der Waals surface area contributed by atoms with Crippen LogP contribution in [0.15, 0.2) is 36.4 Å². The number of fused-ring (bicyclic) bond motifs is 1. The number of carbonyl (C=O) groups excluding carboxylic acids is 1. The first-order valence-electron chi connectivity index (χ1n) is 8.45. The minimum absolute atomic E-state index is 0.0675. The summed E-state index contributed by atoms with van der Waals surface area (Å²) in [6.45, 7) is 5.21. The Morgan fingerprint density at radius 2 is 1.81 bits per heavy atom. The SMILES string of the molecule is Cc1cc2nc(N(CCN(C)C)C(=O)c3ccccc3F)sc2cc1C. The summed E-state index contributed by atoms with van der Waals surface area (Å²) >= 11 is 1.46. The molecular weight excluding hydrogens is 349 g/mol. The summed E-state index contributed by atoms with van der Waals surface area (Å²) < 4.78 is 15.2. The van der Waals surface area contributed by atoms with Crippen LogP contribution in [0, 0.1) is 19.7 Å². The second-order valence-corrected chi connectivity index (χ2v) is 7.65. The summed E-state index contributed by atoms with van der Waals surface area (Å²) in [5, 5.41) is 0.597. The molecular formula is C20H22FN3OS. The van der Waals surface area contributed by atoms with E-state index >= 15 is 0 Å². The molecule has 0 aliphatic rings. The maximum atomic E-state index is 14.2. The number of hydrogen-bond donors (Lipinski definition) is 0. The molecule has 0 saturated heterocycles. The van der Waals surface area contributed by atoms with Crippen molar-refractivity contribution in [3.63, 3.8) is 0 Å². The van der Waals surface area contributed by atoms with Gasteiger partial charge in [0.2, 0.25) is 0 Å². The van der Waals surface area contributed by atoms with Gasteiger partial charge in [0, 0.05) is 13.1 Å². The van der Waals surface area contributed by atoms with Gasteiger partial charge in [-0.05, 0) is 63.3 Å². The Labute approximate surface area is 156 Å². The number of aromatic nitrogens is 1. The van der Waals surface area contributed by atoms with E-state index in [4.69, 9.17) is 0 Å². The van der Waals surface area contributed by atoms with E-state index in [2.05, 4.69) is 18.0 Å². The Morgan fingerprint density at radius 1 is 1.12 bits per heavy atom. The largest absolute Gasteiger partial charge is 0.308 e. The van der Waals surface area contributed by atoms with Crippen molar-refractivity contribution in [2.45, 2.75) is 13.8 Å². The number of amides is 1. The van der Waals surface area contributed by atoms with E-state index < -0.39 is 5.82 Å². The van der Waals surface area contributed by atoms with Gasteiger partial charge < -0.3 is 4.90 Å². The molecule has 3 rings (SSSR count). The van der Waals surface area contributed by atoms with Crippen molar-refractivity contribution in [1.29, 1.82) is 0 Å². The van der Waals surface area contributed by atoms with E-state index in [1.807, 2.05) is 32.0 Å². The van der Waals surface area contributed by atoms with Crippen molar-refractivity contribution < 1.29 is 9.18 Å². The fourth-order valence-electron chi connectivity index (χ4n) is 2.65. The second kappa shape index (κ2) is 7.51. The van der Waals surface area contributed by atoms with Crippen molar-refractivity contribution >= 4 is 32.6 Å². The molecule has 0 N–H and O–H groups in total. The first-order valence-corrected chi connectivity index (χ1v) is 9.27. The second-order valence-electron chi connectivity index (χ2n) is 6.64. The third kappa shape index (κ3) is 3.76. The first kappa shape index (κ1) is 18.5. The topological polar surface area (TPSA) is 36.4 Å². The highest BCUT2D eigenvalue weighted by molar-refractivity contribution is 7.22. The van der Waals surface area contributed by atoms with Gasteiger partial charge in [-0.2, -0.15) is 0 Å². The molecule has 6 heteroatoms. The molecule has 1 aromatic heterocycles. The molecule has 1 amide bonds. The summed E-state index contributed by atoms with van der Waals surface area (Å²) in [5.74, 6) is -0.877.